The third-order valence-corrected chi connectivity index (χ3v) is 3.76. The highest BCUT2D eigenvalue weighted by atomic mass is 16.5. The van der Waals surface area contributed by atoms with Crippen LogP contribution in [0.25, 0.3) is 5.69 Å². The average Bonchev–Trinajstić information content (AvgIpc) is 3.30. The zero-order valence-electron chi connectivity index (χ0n) is 14.0. The molecule has 0 radical (unpaired) electrons. The maximum Gasteiger partial charge on any atom is 0.258 e. The van der Waals surface area contributed by atoms with Crippen molar-refractivity contribution in [2.24, 2.45) is 7.05 Å². The Kier molecular flexibility index (Phi) is 5.03. The van der Waals surface area contributed by atoms with Crippen LogP contribution < -0.4 is 10.1 Å². The van der Waals surface area contributed by atoms with Crippen LogP contribution >= 0.6 is 0 Å². The number of ether oxygens (including phenoxy) is 1. The molecule has 9 heteroatoms. The van der Waals surface area contributed by atoms with Crippen molar-refractivity contribution >= 4 is 5.91 Å². The van der Waals surface area contributed by atoms with E-state index in [0.29, 0.717) is 5.75 Å². The standard InChI is InChI=1S/C16H19N7O2/c1-3-14(15-7-8-18-22(15)2)19-16(24)10-25-13-6-4-5-12(9-13)23-11-17-20-21-23/h4-9,11,14H,3,10H2,1-2H3,(H,19,24)/t14-/m1/s1. The van der Waals surface area contributed by atoms with E-state index in [9.17, 15) is 4.79 Å². The van der Waals surface area contributed by atoms with E-state index >= 15 is 0 Å². The summed E-state index contributed by atoms with van der Waals surface area (Å²) in [5.41, 5.74) is 1.71. The Morgan fingerprint density at radius 3 is 2.92 bits per heavy atom. The molecule has 3 rings (SSSR count). The molecule has 0 bridgehead atoms. The average molecular weight is 341 g/mol. The summed E-state index contributed by atoms with van der Waals surface area (Å²) in [7, 11) is 1.85. The molecule has 1 atom stereocenters. The Balaban J connectivity index is 1.59. The van der Waals surface area contributed by atoms with Gasteiger partial charge in [0.25, 0.3) is 5.91 Å². The highest BCUT2D eigenvalue weighted by Crippen LogP contribution is 2.17. The molecule has 0 saturated heterocycles. The second-order valence-electron chi connectivity index (χ2n) is 5.45. The van der Waals surface area contributed by atoms with Crippen LogP contribution in [0.1, 0.15) is 25.1 Å². The monoisotopic (exact) mass is 341 g/mol. The van der Waals surface area contributed by atoms with E-state index in [4.69, 9.17) is 4.74 Å². The lowest BCUT2D eigenvalue weighted by molar-refractivity contribution is -0.123. The summed E-state index contributed by atoms with van der Waals surface area (Å²) in [4.78, 5) is 12.2. The van der Waals surface area contributed by atoms with E-state index in [2.05, 4.69) is 25.9 Å². The van der Waals surface area contributed by atoms with E-state index in [1.165, 1.54) is 11.0 Å². The SMILES string of the molecule is CC[C@@H](NC(=O)COc1cccc(-n2cnnn2)c1)c1ccnn1C. The first-order valence-electron chi connectivity index (χ1n) is 7.91. The zero-order valence-corrected chi connectivity index (χ0v) is 14.0. The van der Waals surface area contributed by atoms with Crippen LogP contribution in [0.15, 0.2) is 42.9 Å². The van der Waals surface area contributed by atoms with Crippen LogP contribution in [0.3, 0.4) is 0 Å². The maximum atomic E-state index is 12.2. The van der Waals surface area contributed by atoms with Gasteiger partial charge in [0.2, 0.25) is 0 Å². The van der Waals surface area contributed by atoms with E-state index in [1.807, 2.05) is 32.2 Å². The highest BCUT2D eigenvalue weighted by Gasteiger charge is 2.16. The molecule has 1 amide bonds. The van der Waals surface area contributed by atoms with Gasteiger partial charge in [-0.15, -0.1) is 5.10 Å². The Bertz CT molecular complexity index is 829. The van der Waals surface area contributed by atoms with Crippen molar-refractivity contribution in [3.8, 4) is 11.4 Å². The fourth-order valence-corrected chi connectivity index (χ4v) is 2.49. The molecule has 3 aromatic rings. The Labute approximate surface area is 144 Å². The molecule has 0 aliphatic heterocycles. The first-order chi connectivity index (χ1) is 12.2. The van der Waals surface area contributed by atoms with Crippen molar-refractivity contribution in [1.82, 2.24) is 35.3 Å². The summed E-state index contributed by atoms with van der Waals surface area (Å²) < 4.78 is 8.85. The van der Waals surface area contributed by atoms with Gasteiger partial charge in [0, 0.05) is 19.3 Å². The first kappa shape index (κ1) is 16.6. The minimum atomic E-state index is -0.194. The van der Waals surface area contributed by atoms with E-state index in [1.54, 1.807) is 23.0 Å². The summed E-state index contributed by atoms with van der Waals surface area (Å²) >= 11 is 0. The molecule has 25 heavy (non-hydrogen) atoms. The number of aromatic nitrogens is 6. The number of amides is 1. The molecule has 1 aromatic carbocycles. The van der Waals surface area contributed by atoms with E-state index < -0.39 is 0 Å². The molecule has 2 heterocycles. The van der Waals surface area contributed by atoms with Gasteiger partial charge in [-0.3, -0.25) is 9.48 Å². The molecular formula is C16H19N7O2. The van der Waals surface area contributed by atoms with Crippen molar-refractivity contribution < 1.29 is 9.53 Å². The first-order valence-corrected chi connectivity index (χ1v) is 7.91. The highest BCUT2D eigenvalue weighted by molar-refractivity contribution is 5.78. The van der Waals surface area contributed by atoms with Crippen LogP contribution in [-0.2, 0) is 11.8 Å². The third-order valence-electron chi connectivity index (χ3n) is 3.76. The van der Waals surface area contributed by atoms with Gasteiger partial charge in [-0.05, 0) is 35.0 Å². The molecular weight excluding hydrogens is 322 g/mol. The fraction of sp³-hybridized carbons (Fsp3) is 0.312. The predicted molar refractivity (Wildman–Crippen MR) is 89.0 cm³/mol. The second-order valence-corrected chi connectivity index (χ2v) is 5.45. The summed E-state index contributed by atoms with van der Waals surface area (Å²) in [5, 5.41) is 18.1. The van der Waals surface area contributed by atoms with E-state index in [0.717, 1.165) is 17.8 Å². The molecule has 0 aliphatic carbocycles. The van der Waals surface area contributed by atoms with Crippen molar-refractivity contribution in [1.29, 1.82) is 0 Å². The summed E-state index contributed by atoms with van der Waals surface area (Å²) in [6, 6.07) is 9.00. The molecule has 0 saturated carbocycles. The molecule has 0 fully saturated rings. The van der Waals surface area contributed by atoms with Gasteiger partial charge < -0.3 is 10.1 Å². The number of nitrogens with one attached hydrogen (secondary N) is 1. The molecule has 130 valence electrons. The van der Waals surface area contributed by atoms with Gasteiger partial charge in [0.1, 0.15) is 12.1 Å². The lowest BCUT2D eigenvalue weighted by Crippen LogP contribution is -2.33. The number of rotatable bonds is 7. The minimum Gasteiger partial charge on any atom is -0.484 e. The van der Waals surface area contributed by atoms with E-state index in [-0.39, 0.29) is 18.6 Å². The van der Waals surface area contributed by atoms with Gasteiger partial charge in [-0.1, -0.05) is 13.0 Å². The van der Waals surface area contributed by atoms with Crippen molar-refractivity contribution in [2.75, 3.05) is 6.61 Å². The Morgan fingerprint density at radius 2 is 2.24 bits per heavy atom. The van der Waals surface area contributed by atoms with Gasteiger partial charge in [0.05, 0.1) is 17.4 Å². The van der Waals surface area contributed by atoms with Gasteiger partial charge >= 0.3 is 0 Å². The smallest absolute Gasteiger partial charge is 0.258 e. The number of hydrogen-bond acceptors (Lipinski definition) is 6. The molecule has 0 spiro atoms. The number of nitrogens with zero attached hydrogens (tertiary/aromatic N) is 6. The van der Waals surface area contributed by atoms with Crippen LogP contribution in [0.5, 0.6) is 5.75 Å². The lowest BCUT2D eigenvalue weighted by Gasteiger charge is -2.17. The van der Waals surface area contributed by atoms with Crippen molar-refractivity contribution in [2.45, 2.75) is 19.4 Å². The zero-order chi connectivity index (χ0) is 17.6. The number of tetrazole rings is 1. The van der Waals surface area contributed by atoms with Gasteiger partial charge in [-0.25, -0.2) is 4.68 Å². The van der Waals surface area contributed by atoms with Crippen LogP contribution in [0.2, 0.25) is 0 Å². The molecule has 0 aliphatic rings. The van der Waals surface area contributed by atoms with Crippen LogP contribution in [0, 0.1) is 0 Å². The number of aryl methyl sites for hydroxylation is 1. The number of carbonyl (C=O) groups is 1. The summed E-state index contributed by atoms with van der Waals surface area (Å²) in [6.07, 6.45) is 3.97. The summed E-state index contributed by atoms with van der Waals surface area (Å²) in [6.45, 7) is 1.93. The predicted octanol–water partition coefficient (Wildman–Crippen LogP) is 1.04. The topological polar surface area (TPSA) is 99.8 Å². The Hall–Kier alpha value is -3.23. The van der Waals surface area contributed by atoms with Gasteiger partial charge in [0.15, 0.2) is 6.61 Å². The molecule has 9 nitrogen and oxygen atoms in total. The fourth-order valence-electron chi connectivity index (χ4n) is 2.49. The normalized spacial score (nSPS) is 11.9. The van der Waals surface area contributed by atoms with Crippen LogP contribution in [-0.4, -0.2) is 42.5 Å². The molecule has 0 unspecified atom stereocenters. The quantitative estimate of drug-likeness (QED) is 0.689. The van der Waals surface area contributed by atoms with Crippen molar-refractivity contribution in [3.05, 3.63) is 48.5 Å². The second kappa shape index (κ2) is 7.56. The lowest BCUT2D eigenvalue weighted by atomic mass is 10.1. The molecule has 2 aromatic heterocycles. The minimum absolute atomic E-state index is 0.0760. The van der Waals surface area contributed by atoms with Crippen LogP contribution in [0.4, 0.5) is 0 Å². The molecule has 1 N–H and O–H groups in total. The number of carbonyl (C=O) groups excluding carboxylic acids is 1. The Morgan fingerprint density at radius 1 is 1.36 bits per heavy atom. The number of benzene rings is 1. The summed E-state index contributed by atoms with van der Waals surface area (Å²) in [5.74, 6) is 0.373. The number of hydrogen-bond donors (Lipinski definition) is 1. The largest absolute Gasteiger partial charge is 0.484 e. The van der Waals surface area contributed by atoms with Crippen molar-refractivity contribution in [3.63, 3.8) is 0 Å². The third kappa shape index (κ3) is 4.00. The maximum absolute atomic E-state index is 12.2. The van der Waals surface area contributed by atoms with Gasteiger partial charge in [-0.2, -0.15) is 5.10 Å².